The largest absolute Gasteiger partial charge is 0.338 e. The molecule has 4 aromatic rings. The van der Waals surface area contributed by atoms with E-state index >= 15 is 0 Å². The minimum Gasteiger partial charge on any atom is -0.338 e. The van der Waals surface area contributed by atoms with Gasteiger partial charge in [0.2, 0.25) is 10.0 Å². The molecule has 3 aromatic carbocycles. The van der Waals surface area contributed by atoms with Crippen molar-refractivity contribution in [2.75, 3.05) is 11.0 Å². The molecule has 2 N–H and O–H groups in total. The lowest BCUT2D eigenvalue weighted by atomic mass is 10.0. The molecule has 1 heterocycles. The molecule has 0 amide bonds. The second-order valence-electron chi connectivity index (χ2n) is 6.78. The van der Waals surface area contributed by atoms with Crippen LogP contribution in [0.4, 0.5) is 14.5 Å². The second kappa shape index (κ2) is 7.72. The molecular formula is C22H17F2N3O2S. The average Bonchev–Trinajstić information content (AvgIpc) is 3.10. The topological polar surface area (TPSA) is 74.8 Å². The summed E-state index contributed by atoms with van der Waals surface area (Å²) in [7, 11) is -3.42. The van der Waals surface area contributed by atoms with Crippen molar-refractivity contribution < 1.29 is 17.2 Å². The van der Waals surface area contributed by atoms with Gasteiger partial charge in [0, 0.05) is 5.56 Å². The van der Waals surface area contributed by atoms with Crippen molar-refractivity contribution in [1.29, 1.82) is 0 Å². The molecule has 4 rings (SSSR count). The summed E-state index contributed by atoms with van der Waals surface area (Å²) in [5.74, 6) is -1.25. The van der Waals surface area contributed by atoms with Crippen LogP contribution in [-0.4, -0.2) is 24.6 Å². The molecule has 152 valence electrons. The predicted octanol–water partition coefficient (Wildman–Crippen LogP) is 5.05. The van der Waals surface area contributed by atoms with E-state index in [2.05, 4.69) is 14.7 Å². The van der Waals surface area contributed by atoms with Crippen LogP contribution in [0.15, 0.2) is 60.7 Å². The van der Waals surface area contributed by atoms with Gasteiger partial charge < -0.3 is 4.98 Å². The number of rotatable bonds is 5. The van der Waals surface area contributed by atoms with Gasteiger partial charge in [-0.05, 0) is 47.5 Å². The normalized spacial score (nSPS) is 12.0. The Labute approximate surface area is 172 Å². The Bertz CT molecular complexity index is 1380. The van der Waals surface area contributed by atoms with E-state index < -0.39 is 21.7 Å². The number of aromatic nitrogens is 2. The summed E-state index contributed by atoms with van der Waals surface area (Å²) in [4.78, 5) is 7.66. The van der Waals surface area contributed by atoms with Crippen LogP contribution in [0.3, 0.4) is 0 Å². The van der Waals surface area contributed by atoms with Gasteiger partial charge in [-0.25, -0.2) is 22.2 Å². The minimum atomic E-state index is -3.42. The Morgan fingerprint density at radius 3 is 2.53 bits per heavy atom. The third kappa shape index (κ3) is 4.38. The molecule has 0 spiro atoms. The van der Waals surface area contributed by atoms with Crippen molar-refractivity contribution in [2.24, 2.45) is 0 Å². The molecule has 30 heavy (non-hydrogen) atoms. The van der Waals surface area contributed by atoms with Gasteiger partial charge in [0.1, 0.15) is 5.82 Å². The van der Waals surface area contributed by atoms with Gasteiger partial charge in [-0.3, -0.25) is 4.72 Å². The number of fused-ring (bicyclic) bond motifs is 1. The Morgan fingerprint density at radius 1 is 0.967 bits per heavy atom. The highest BCUT2D eigenvalue weighted by molar-refractivity contribution is 7.92. The number of imidazole rings is 1. The molecule has 0 aliphatic rings. The highest BCUT2D eigenvalue weighted by atomic mass is 32.2. The fourth-order valence-electron chi connectivity index (χ4n) is 3.09. The Kier molecular flexibility index (Phi) is 5.09. The number of benzene rings is 3. The van der Waals surface area contributed by atoms with Crippen LogP contribution >= 0.6 is 0 Å². The second-order valence-corrected chi connectivity index (χ2v) is 8.53. The maximum atomic E-state index is 13.3. The Morgan fingerprint density at radius 2 is 1.77 bits per heavy atom. The van der Waals surface area contributed by atoms with Crippen LogP contribution < -0.4 is 4.72 Å². The summed E-state index contributed by atoms with van der Waals surface area (Å²) in [6.07, 6.45) is 4.41. The van der Waals surface area contributed by atoms with Crippen molar-refractivity contribution in [1.82, 2.24) is 9.97 Å². The molecule has 1 aromatic heterocycles. The van der Waals surface area contributed by atoms with E-state index in [-0.39, 0.29) is 0 Å². The van der Waals surface area contributed by atoms with Crippen molar-refractivity contribution in [3.05, 3.63) is 83.7 Å². The fourth-order valence-corrected chi connectivity index (χ4v) is 3.66. The van der Waals surface area contributed by atoms with Gasteiger partial charge in [-0.2, -0.15) is 0 Å². The highest BCUT2D eigenvalue weighted by Crippen LogP contribution is 2.30. The van der Waals surface area contributed by atoms with Crippen LogP contribution in [0.5, 0.6) is 0 Å². The number of sulfonamides is 1. The summed E-state index contributed by atoms with van der Waals surface area (Å²) < 4.78 is 52.2. The number of hydrogen-bond donors (Lipinski definition) is 2. The van der Waals surface area contributed by atoms with E-state index in [4.69, 9.17) is 0 Å². The lowest BCUT2D eigenvalue weighted by molar-refractivity contribution is 0.508. The molecule has 0 fully saturated rings. The summed E-state index contributed by atoms with van der Waals surface area (Å²) in [5.41, 5.74) is 4.00. The van der Waals surface area contributed by atoms with Gasteiger partial charge in [-0.1, -0.05) is 36.4 Å². The molecule has 8 heteroatoms. The average molecular weight is 425 g/mol. The first-order valence-electron chi connectivity index (χ1n) is 8.98. The lowest BCUT2D eigenvalue weighted by Gasteiger charge is -2.10. The van der Waals surface area contributed by atoms with Crippen LogP contribution in [-0.2, 0) is 10.0 Å². The number of nitrogens with zero attached hydrogens (tertiary/aromatic N) is 1. The van der Waals surface area contributed by atoms with E-state index in [9.17, 15) is 17.2 Å². The van der Waals surface area contributed by atoms with Crippen LogP contribution in [0.2, 0.25) is 0 Å². The van der Waals surface area contributed by atoms with Gasteiger partial charge in [0.25, 0.3) is 0 Å². The van der Waals surface area contributed by atoms with E-state index in [0.29, 0.717) is 22.6 Å². The SMILES string of the molecule is CS(=O)(=O)Nc1ccccc1-c1ccc2[nH]c(/C=C/c3ccc(F)c(F)c3)nc2c1. The van der Waals surface area contributed by atoms with Crippen LogP contribution in [0.25, 0.3) is 34.3 Å². The zero-order valence-corrected chi connectivity index (χ0v) is 16.7. The molecule has 0 saturated carbocycles. The number of H-pyrrole nitrogens is 1. The molecule has 0 radical (unpaired) electrons. The number of anilines is 1. The first-order valence-corrected chi connectivity index (χ1v) is 10.9. The van der Waals surface area contributed by atoms with Gasteiger partial charge in [0.15, 0.2) is 11.6 Å². The third-order valence-electron chi connectivity index (χ3n) is 4.41. The van der Waals surface area contributed by atoms with Gasteiger partial charge in [-0.15, -0.1) is 0 Å². The van der Waals surface area contributed by atoms with E-state index in [0.717, 1.165) is 35.0 Å². The number of aromatic amines is 1. The zero-order chi connectivity index (χ0) is 21.3. The smallest absolute Gasteiger partial charge is 0.229 e. The fraction of sp³-hybridized carbons (Fsp3) is 0.0455. The maximum Gasteiger partial charge on any atom is 0.229 e. The van der Waals surface area contributed by atoms with Crippen molar-refractivity contribution >= 4 is 38.9 Å². The number of para-hydroxylation sites is 1. The van der Waals surface area contributed by atoms with Gasteiger partial charge in [0.05, 0.1) is 23.0 Å². The van der Waals surface area contributed by atoms with E-state index in [1.165, 1.54) is 6.07 Å². The standard InChI is InChI=1S/C22H17F2N3O2S/c1-30(28,29)27-19-5-3-2-4-16(19)15-8-10-20-21(13-15)26-22(25-20)11-7-14-6-9-17(23)18(24)12-14/h2-13,27H,1H3,(H,25,26)/b11-7+. The molecular weight excluding hydrogens is 408 g/mol. The first-order chi connectivity index (χ1) is 14.3. The van der Waals surface area contributed by atoms with Crippen LogP contribution in [0, 0.1) is 11.6 Å². The van der Waals surface area contributed by atoms with E-state index in [1.54, 1.807) is 24.3 Å². The number of nitrogens with one attached hydrogen (secondary N) is 2. The molecule has 0 aliphatic carbocycles. The molecule has 0 aliphatic heterocycles. The van der Waals surface area contributed by atoms with E-state index in [1.807, 2.05) is 30.3 Å². The van der Waals surface area contributed by atoms with Crippen molar-refractivity contribution in [3.8, 4) is 11.1 Å². The van der Waals surface area contributed by atoms with Crippen molar-refractivity contribution in [3.63, 3.8) is 0 Å². The molecule has 0 atom stereocenters. The maximum absolute atomic E-state index is 13.3. The minimum absolute atomic E-state index is 0.480. The first kappa shape index (κ1) is 19.8. The molecule has 5 nitrogen and oxygen atoms in total. The zero-order valence-electron chi connectivity index (χ0n) is 15.9. The molecule has 0 unspecified atom stereocenters. The summed E-state index contributed by atoms with van der Waals surface area (Å²) in [6, 6.07) is 16.3. The molecule has 0 bridgehead atoms. The molecule has 0 saturated heterocycles. The third-order valence-corrected chi connectivity index (χ3v) is 5.00. The van der Waals surface area contributed by atoms with Crippen LogP contribution in [0.1, 0.15) is 11.4 Å². The number of halogens is 2. The Balaban J connectivity index is 1.67. The predicted molar refractivity (Wildman–Crippen MR) is 115 cm³/mol. The highest BCUT2D eigenvalue weighted by Gasteiger charge is 2.10. The summed E-state index contributed by atoms with van der Waals surface area (Å²) in [6.45, 7) is 0. The summed E-state index contributed by atoms with van der Waals surface area (Å²) >= 11 is 0. The Hall–Kier alpha value is -3.52. The van der Waals surface area contributed by atoms with Crippen molar-refractivity contribution in [2.45, 2.75) is 0 Å². The monoisotopic (exact) mass is 425 g/mol. The lowest BCUT2D eigenvalue weighted by Crippen LogP contribution is -2.10. The quantitative estimate of drug-likeness (QED) is 0.470. The summed E-state index contributed by atoms with van der Waals surface area (Å²) in [5, 5.41) is 0. The number of hydrogen-bond acceptors (Lipinski definition) is 3. The van der Waals surface area contributed by atoms with Gasteiger partial charge >= 0.3 is 0 Å².